The highest BCUT2D eigenvalue weighted by Gasteiger charge is 2.32. The molecule has 9 heteroatoms. The first-order valence-electron chi connectivity index (χ1n) is 8.24. The van der Waals surface area contributed by atoms with E-state index in [1.54, 1.807) is 24.3 Å². The van der Waals surface area contributed by atoms with Crippen LogP contribution >= 0.6 is 11.8 Å². The van der Waals surface area contributed by atoms with E-state index >= 15 is 0 Å². The Balaban J connectivity index is 1.79. The molecule has 0 fully saturated rings. The summed E-state index contributed by atoms with van der Waals surface area (Å²) in [5.74, 6) is -1.40. The quantitative estimate of drug-likeness (QED) is 0.631. The van der Waals surface area contributed by atoms with Gasteiger partial charge in [0.2, 0.25) is 11.8 Å². The van der Waals surface area contributed by atoms with Crippen LogP contribution < -0.4 is 10.1 Å². The lowest BCUT2D eigenvalue weighted by Crippen LogP contribution is -2.25. The molecule has 7 nitrogen and oxygen atoms in total. The van der Waals surface area contributed by atoms with Crippen molar-refractivity contribution in [2.45, 2.75) is 19.2 Å². The summed E-state index contributed by atoms with van der Waals surface area (Å²) >= 11 is 1.20. The van der Waals surface area contributed by atoms with Crippen LogP contribution in [0.2, 0.25) is 0 Å². The van der Waals surface area contributed by atoms with Crippen molar-refractivity contribution in [3.8, 4) is 5.75 Å². The molecule has 1 heterocycles. The van der Waals surface area contributed by atoms with Gasteiger partial charge in [0, 0.05) is 13.8 Å². The van der Waals surface area contributed by atoms with Gasteiger partial charge in [0.1, 0.15) is 16.9 Å². The second-order valence-corrected chi connectivity index (χ2v) is 6.96. The highest BCUT2D eigenvalue weighted by Crippen LogP contribution is 2.39. The summed E-state index contributed by atoms with van der Waals surface area (Å²) in [6, 6.07) is 11.7. The molecular formula is C19H16FN3O4S. The summed E-state index contributed by atoms with van der Waals surface area (Å²) in [6.07, 6.45) is 0. The molecule has 1 aliphatic heterocycles. The Bertz CT molecular complexity index is 962. The predicted molar refractivity (Wildman–Crippen MR) is 102 cm³/mol. The Labute approximate surface area is 164 Å². The summed E-state index contributed by atoms with van der Waals surface area (Å²) in [5, 5.41) is 7.73. The van der Waals surface area contributed by atoms with Crippen LogP contribution in [0.5, 0.6) is 5.75 Å². The van der Waals surface area contributed by atoms with Crippen molar-refractivity contribution in [3.63, 3.8) is 0 Å². The molecule has 0 spiro atoms. The molecule has 1 aliphatic rings. The molecule has 2 aromatic carbocycles. The maximum atomic E-state index is 13.0. The van der Waals surface area contributed by atoms with E-state index in [4.69, 9.17) is 4.74 Å². The molecule has 0 radical (unpaired) electrons. The van der Waals surface area contributed by atoms with Crippen molar-refractivity contribution in [2.75, 3.05) is 0 Å². The monoisotopic (exact) mass is 401 g/mol. The number of nitrogens with zero attached hydrogens (tertiary/aromatic N) is 2. The number of ether oxygens (including phenoxy) is 1. The molecule has 0 aromatic heterocycles. The SMILES string of the molecule is CC(=O)NC1=NN(C(C)=O)C(c2cccc(OC(=O)c3ccc(F)cc3)c2)S1. The Morgan fingerprint density at radius 1 is 1.14 bits per heavy atom. The summed E-state index contributed by atoms with van der Waals surface area (Å²) in [4.78, 5) is 35.4. The number of hydrazone groups is 1. The number of halogens is 1. The number of benzene rings is 2. The van der Waals surface area contributed by atoms with Crippen LogP contribution in [-0.2, 0) is 9.59 Å². The van der Waals surface area contributed by atoms with Gasteiger partial charge in [-0.15, -0.1) is 5.10 Å². The van der Waals surface area contributed by atoms with Gasteiger partial charge in [-0.25, -0.2) is 14.2 Å². The highest BCUT2D eigenvalue weighted by molar-refractivity contribution is 8.14. The standard InChI is InChI=1S/C19H16FN3O4S/c1-11(24)21-19-22-23(12(2)25)17(28-19)14-4-3-5-16(10-14)27-18(26)13-6-8-15(20)9-7-13/h3-10,17H,1-2H3,(H,21,22,24). The lowest BCUT2D eigenvalue weighted by Gasteiger charge is -2.19. The molecular weight excluding hydrogens is 385 g/mol. The minimum Gasteiger partial charge on any atom is -0.423 e. The zero-order chi connectivity index (χ0) is 20.3. The normalized spacial score (nSPS) is 15.8. The number of thioether (sulfide) groups is 1. The van der Waals surface area contributed by atoms with Crippen LogP contribution in [0.3, 0.4) is 0 Å². The molecule has 144 valence electrons. The molecule has 0 saturated heterocycles. The van der Waals surface area contributed by atoms with Crippen molar-refractivity contribution >= 4 is 34.7 Å². The zero-order valence-electron chi connectivity index (χ0n) is 15.0. The van der Waals surface area contributed by atoms with Gasteiger partial charge in [-0.1, -0.05) is 23.9 Å². The van der Waals surface area contributed by atoms with E-state index < -0.39 is 17.2 Å². The number of hydrogen-bond donors (Lipinski definition) is 1. The Hall–Kier alpha value is -3.20. The molecule has 1 N–H and O–H groups in total. The summed E-state index contributed by atoms with van der Waals surface area (Å²) in [6.45, 7) is 2.72. The number of esters is 1. The van der Waals surface area contributed by atoms with Gasteiger partial charge in [-0.2, -0.15) is 0 Å². The maximum absolute atomic E-state index is 13.0. The first-order chi connectivity index (χ1) is 13.3. The van der Waals surface area contributed by atoms with Gasteiger partial charge < -0.3 is 10.1 Å². The fourth-order valence-electron chi connectivity index (χ4n) is 2.46. The number of amidine groups is 1. The first-order valence-corrected chi connectivity index (χ1v) is 9.12. The lowest BCUT2D eigenvalue weighted by molar-refractivity contribution is -0.129. The smallest absolute Gasteiger partial charge is 0.343 e. The van der Waals surface area contributed by atoms with E-state index in [1.807, 2.05) is 0 Å². The van der Waals surface area contributed by atoms with Crippen LogP contribution in [0, 0.1) is 5.82 Å². The van der Waals surface area contributed by atoms with Crippen molar-refractivity contribution in [2.24, 2.45) is 5.10 Å². The van der Waals surface area contributed by atoms with Gasteiger partial charge in [-0.05, 0) is 42.0 Å². The first kappa shape index (κ1) is 19.6. The molecule has 28 heavy (non-hydrogen) atoms. The van der Waals surface area contributed by atoms with E-state index in [1.165, 1.54) is 54.9 Å². The van der Waals surface area contributed by atoms with Crippen molar-refractivity contribution in [1.82, 2.24) is 10.3 Å². The fraction of sp³-hybridized carbons (Fsp3) is 0.158. The Kier molecular flexibility index (Phi) is 5.74. The summed E-state index contributed by atoms with van der Waals surface area (Å²) in [7, 11) is 0. The third kappa shape index (κ3) is 4.55. The van der Waals surface area contributed by atoms with Gasteiger partial charge in [0.15, 0.2) is 5.17 Å². The van der Waals surface area contributed by atoms with Gasteiger partial charge in [-0.3, -0.25) is 9.59 Å². The average molecular weight is 401 g/mol. The molecule has 1 unspecified atom stereocenters. The van der Waals surface area contributed by atoms with Gasteiger partial charge in [0.25, 0.3) is 0 Å². The summed E-state index contributed by atoms with van der Waals surface area (Å²) < 4.78 is 18.3. The molecule has 0 saturated carbocycles. The van der Waals surface area contributed by atoms with E-state index in [0.717, 1.165) is 0 Å². The van der Waals surface area contributed by atoms with Crippen molar-refractivity contribution in [3.05, 3.63) is 65.5 Å². The third-order valence-electron chi connectivity index (χ3n) is 3.68. The topological polar surface area (TPSA) is 88.1 Å². The second kappa shape index (κ2) is 8.22. The van der Waals surface area contributed by atoms with Crippen LogP contribution in [0.4, 0.5) is 4.39 Å². The van der Waals surface area contributed by atoms with Crippen LogP contribution in [0.1, 0.15) is 35.1 Å². The number of carbonyl (C=O) groups is 3. The maximum Gasteiger partial charge on any atom is 0.343 e. The van der Waals surface area contributed by atoms with Crippen LogP contribution in [0.15, 0.2) is 53.6 Å². The van der Waals surface area contributed by atoms with Crippen LogP contribution in [0.25, 0.3) is 0 Å². The van der Waals surface area contributed by atoms with Crippen LogP contribution in [-0.4, -0.2) is 28.0 Å². The highest BCUT2D eigenvalue weighted by atomic mass is 32.2. The predicted octanol–water partition coefficient (Wildman–Crippen LogP) is 3.05. The minimum atomic E-state index is -0.630. The van der Waals surface area contributed by atoms with Crippen molar-refractivity contribution in [1.29, 1.82) is 0 Å². The summed E-state index contributed by atoms with van der Waals surface area (Å²) in [5.41, 5.74) is 0.873. The molecule has 0 aliphatic carbocycles. The third-order valence-corrected chi connectivity index (χ3v) is 4.79. The molecule has 1 atom stereocenters. The van der Waals surface area contributed by atoms with Crippen molar-refractivity contribution < 1.29 is 23.5 Å². The molecule has 3 rings (SSSR count). The number of hydrogen-bond acceptors (Lipinski definition) is 6. The second-order valence-electron chi connectivity index (χ2n) is 5.89. The zero-order valence-corrected chi connectivity index (χ0v) is 15.8. The average Bonchev–Trinajstić information content (AvgIpc) is 3.06. The van der Waals surface area contributed by atoms with E-state index in [-0.39, 0.29) is 23.1 Å². The number of rotatable bonds is 3. The Morgan fingerprint density at radius 2 is 1.86 bits per heavy atom. The largest absolute Gasteiger partial charge is 0.423 e. The number of nitrogens with one attached hydrogen (secondary N) is 1. The minimum absolute atomic E-state index is 0.212. The molecule has 0 bridgehead atoms. The van der Waals surface area contributed by atoms with E-state index in [9.17, 15) is 18.8 Å². The molecule has 2 amide bonds. The van der Waals surface area contributed by atoms with E-state index in [2.05, 4.69) is 10.4 Å². The lowest BCUT2D eigenvalue weighted by atomic mass is 10.2. The van der Waals surface area contributed by atoms with Gasteiger partial charge in [0.05, 0.1) is 5.56 Å². The number of carbonyl (C=O) groups excluding carboxylic acids is 3. The fourth-order valence-corrected chi connectivity index (χ4v) is 3.59. The molecule has 2 aromatic rings. The number of amides is 2. The van der Waals surface area contributed by atoms with Gasteiger partial charge >= 0.3 is 5.97 Å². The Morgan fingerprint density at radius 3 is 2.50 bits per heavy atom. The van der Waals surface area contributed by atoms with E-state index in [0.29, 0.717) is 10.7 Å².